The van der Waals surface area contributed by atoms with Crippen LogP contribution in [0.15, 0.2) is 55.1 Å². The Kier molecular flexibility index (Phi) is 4.31. The van der Waals surface area contributed by atoms with Gasteiger partial charge in [0, 0.05) is 11.3 Å². The van der Waals surface area contributed by atoms with Crippen LogP contribution >= 0.6 is 0 Å². The van der Waals surface area contributed by atoms with Crippen molar-refractivity contribution in [2.45, 2.75) is 20.4 Å². The molecule has 0 N–H and O–H groups in total. The maximum atomic E-state index is 8.94. The van der Waals surface area contributed by atoms with Gasteiger partial charge in [-0.1, -0.05) is 49.1 Å². The molecule has 3 rings (SSSR count). The van der Waals surface area contributed by atoms with E-state index in [2.05, 4.69) is 43.8 Å². The summed E-state index contributed by atoms with van der Waals surface area (Å²) in [5.74, 6) is 0. The topological polar surface area (TPSA) is 41.6 Å². The molecule has 0 amide bonds. The van der Waals surface area contributed by atoms with Crippen molar-refractivity contribution in [1.29, 1.82) is 5.26 Å². The van der Waals surface area contributed by atoms with Crippen LogP contribution in [0.4, 0.5) is 0 Å². The summed E-state index contributed by atoms with van der Waals surface area (Å²) < 4.78 is 2.03. The Morgan fingerprint density at radius 3 is 2.33 bits per heavy atom. The van der Waals surface area contributed by atoms with Crippen LogP contribution in [0.3, 0.4) is 0 Å². The first-order valence-electron chi connectivity index (χ1n) is 7.88. The Balaban J connectivity index is 1.93. The molecule has 0 spiro atoms. The molecule has 0 aliphatic rings. The van der Waals surface area contributed by atoms with Gasteiger partial charge < -0.3 is 0 Å². The largest absolute Gasteiger partial charge is 0.265 e. The van der Waals surface area contributed by atoms with E-state index in [0.29, 0.717) is 5.56 Å². The molecule has 0 fully saturated rings. The van der Waals surface area contributed by atoms with Crippen molar-refractivity contribution in [3.8, 4) is 17.2 Å². The van der Waals surface area contributed by atoms with Gasteiger partial charge in [0.2, 0.25) is 0 Å². The first-order chi connectivity index (χ1) is 11.6. The fourth-order valence-corrected chi connectivity index (χ4v) is 2.91. The van der Waals surface area contributed by atoms with Crippen LogP contribution in [0.25, 0.3) is 17.2 Å². The molecule has 3 heteroatoms. The summed E-state index contributed by atoms with van der Waals surface area (Å²) in [5.41, 5.74) is 7.36. The molecule has 0 radical (unpaired) electrons. The second-order valence-electron chi connectivity index (χ2n) is 5.84. The average molecular weight is 313 g/mol. The number of hydrogen-bond donors (Lipinski definition) is 0. The number of benzene rings is 2. The van der Waals surface area contributed by atoms with Gasteiger partial charge in [-0.15, -0.1) is 0 Å². The summed E-state index contributed by atoms with van der Waals surface area (Å²) in [6.07, 6.45) is 1.84. The molecule has 24 heavy (non-hydrogen) atoms. The van der Waals surface area contributed by atoms with E-state index in [1.165, 1.54) is 5.56 Å². The zero-order valence-electron chi connectivity index (χ0n) is 14.0. The molecule has 0 bridgehead atoms. The fraction of sp³-hybridized carbons (Fsp3) is 0.143. The number of rotatable bonds is 4. The van der Waals surface area contributed by atoms with Gasteiger partial charge in [-0.05, 0) is 42.7 Å². The van der Waals surface area contributed by atoms with Crippen LogP contribution in [0, 0.1) is 25.2 Å². The minimum Gasteiger partial charge on any atom is -0.265 e. The number of hydrogen-bond acceptors (Lipinski definition) is 2. The van der Waals surface area contributed by atoms with Crippen LogP contribution in [-0.2, 0) is 6.54 Å². The van der Waals surface area contributed by atoms with Crippen molar-refractivity contribution in [3.63, 3.8) is 0 Å². The Bertz CT molecular complexity index is 907. The van der Waals surface area contributed by atoms with Crippen LogP contribution < -0.4 is 0 Å². The third kappa shape index (κ3) is 3.00. The summed E-state index contributed by atoms with van der Waals surface area (Å²) in [5, 5.41) is 13.6. The normalized spacial score (nSPS) is 10.4. The first-order valence-corrected chi connectivity index (χ1v) is 7.88. The highest BCUT2D eigenvalue weighted by molar-refractivity contribution is 5.69. The van der Waals surface area contributed by atoms with Gasteiger partial charge in [-0.2, -0.15) is 10.4 Å². The molecule has 1 heterocycles. The summed E-state index contributed by atoms with van der Waals surface area (Å²) in [6.45, 7) is 8.63. The molecule has 3 nitrogen and oxygen atoms in total. The van der Waals surface area contributed by atoms with Gasteiger partial charge in [0.05, 0.1) is 23.9 Å². The van der Waals surface area contributed by atoms with Gasteiger partial charge in [0.1, 0.15) is 0 Å². The zero-order chi connectivity index (χ0) is 17.1. The maximum absolute atomic E-state index is 8.94. The van der Waals surface area contributed by atoms with E-state index in [0.717, 1.165) is 34.6 Å². The zero-order valence-corrected chi connectivity index (χ0v) is 14.0. The monoisotopic (exact) mass is 313 g/mol. The second-order valence-corrected chi connectivity index (χ2v) is 5.84. The van der Waals surface area contributed by atoms with Crippen LogP contribution in [-0.4, -0.2) is 9.78 Å². The molecule has 0 saturated carbocycles. The molecular weight excluding hydrogens is 294 g/mol. The van der Waals surface area contributed by atoms with Gasteiger partial charge in [0.25, 0.3) is 0 Å². The number of nitriles is 1. The van der Waals surface area contributed by atoms with Crippen molar-refractivity contribution in [2.24, 2.45) is 0 Å². The predicted octanol–water partition coefficient (Wildman–Crippen LogP) is 4.73. The SMILES string of the molecule is C=Cc1ccc(Cn2nc(C)c(-c3ccc(C#N)cc3)c2C)cc1. The van der Waals surface area contributed by atoms with E-state index in [9.17, 15) is 0 Å². The van der Waals surface area contributed by atoms with Crippen molar-refractivity contribution in [2.75, 3.05) is 0 Å². The van der Waals surface area contributed by atoms with E-state index in [1.807, 2.05) is 41.9 Å². The summed E-state index contributed by atoms with van der Waals surface area (Å²) in [6, 6.07) is 18.2. The Morgan fingerprint density at radius 1 is 1.08 bits per heavy atom. The van der Waals surface area contributed by atoms with Gasteiger partial charge in [-0.25, -0.2) is 0 Å². The van der Waals surface area contributed by atoms with Gasteiger partial charge in [0.15, 0.2) is 0 Å². The maximum Gasteiger partial charge on any atom is 0.0991 e. The van der Waals surface area contributed by atoms with E-state index in [1.54, 1.807) is 0 Å². The average Bonchev–Trinajstić information content (AvgIpc) is 2.89. The van der Waals surface area contributed by atoms with E-state index in [-0.39, 0.29) is 0 Å². The highest BCUT2D eigenvalue weighted by Crippen LogP contribution is 2.27. The van der Waals surface area contributed by atoms with Crippen molar-refractivity contribution in [1.82, 2.24) is 9.78 Å². The van der Waals surface area contributed by atoms with Crippen molar-refractivity contribution in [3.05, 3.63) is 83.2 Å². The lowest BCUT2D eigenvalue weighted by molar-refractivity contribution is 0.659. The molecule has 3 aromatic rings. The van der Waals surface area contributed by atoms with E-state index in [4.69, 9.17) is 10.4 Å². The van der Waals surface area contributed by atoms with Crippen LogP contribution in [0.2, 0.25) is 0 Å². The Morgan fingerprint density at radius 2 is 1.75 bits per heavy atom. The Labute approximate surface area is 142 Å². The standard InChI is InChI=1S/C21H19N3/c1-4-17-5-7-19(8-6-17)14-24-16(3)21(15(2)23-24)20-11-9-18(13-22)10-12-20/h4-12H,1,14H2,2-3H3. The highest BCUT2D eigenvalue weighted by atomic mass is 15.3. The number of aryl methyl sites for hydroxylation is 1. The highest BCUT2D eigenvalue weighted by Gasteiger charge is 2.13. The molecule has 0 aliphatic heterocycles. The van der Waals surface area contributed by atoms with Crippen molar-refractivity contribution < 1.29 is 0 Å². The first kappa shape index (κ1) is 15.8. The lowest BCUT2D eigenvalue weighted by Gasteiger charge is -2.07. The van der Waals surface area contributed by atoms with Crippen molar-refractivity contribution >= 4 is 6.08 Å². The minimum absolute atomic E-state index is 0.670. The third-order valence-electron chi connectivity index (χ3n) is 4.23. The quantitative estimate of drug-likeness (QED) is 0.698. The van der Waals surface area contributed by atoms with Gasteiger partial charge in [-0.3, -0.25) is 4.68 Å². The van der Waals surface area contributed by atoms with E-state index >= 15 is 0 Å². The molecule has 0 aliphatic carbocycles. The van der Waals surface area contributed by atoms with Crippen LogP contribution in [0.5, 0.6) is 0 Å². The lowest BCUT2D eigenvalue weighted by Crippen LogP contribution is -2.04. The minimum atomic E-state index is 0.670. The fourth-order valence-electron chi connectivity index (χ4n) is 2.91. The Hall–Kier alpha value is -3.12. The lowest BCUT2D eigenvalue weighted by atomic mass is 10.0. The molecule has 0 unspecified atom stereocenters. The molecule has 0 saturated heterocycles. The molecule has 2 aromatic carbocycles. The number of aromatic nitrogens is 2. The third-order valence-corrected chi connectivity index (χ3v) is 4.23. The second kappa shape index (κ2) is 6.55. The molecule has 0 atom stereocenters. The number of nitrogens with zero attached hydrogens (tertiary/aromatic N) is 3. The molecule has 118 valence electrons. The van der Waals surface area contributed by atoms with Crippen LogP contribution in [0.1, 0.15) is 28.1 Å². The molecular formula is C21H19N3. The predicted molar refractivity (Wildman–Crippen MR) is 97.5 cm³/mol. The summed E-state index contributed by atoms with van der Waals surface area (Å²) in [4.78, 5) is 0. The summed E-state index contributed by atoms with van der Waals surface area (Å²) >= 11 is 0. The van der Waals surface area contributed by atoms with E-state index < -0.39 is 0 Å². The summed E-state index contributed by atoms with van der Waals surface area (Å²) in [7, 11) is 0. The smallest absolute Gasteiger partial charge is 0.0991 e. The van der Waals surface area contributed by atoms with Gasteiger partial charge >= 0.3 is 0 Å². The molecule has 1 aromatic heterocycles.